The van der Waals surface area contributed by atoms with E-state index in [-0.39, 0.29) is 25.2 Å². The minimum Gasteiger partial charge on any atom is -0.491 e. The van der Waals surface area contributed by atoms with Gasteiger partial charge in [0.2, 0.25) is 0 Å². The van der Waals surface area contributed by atoms with Gasteiger partial charge in [-0.05, 0) is 80.1 Å². The van der Waals surface area contributed by atoms with Gasteiger partial charge in [-0.3, -0.25) is 0 Å². The van der Waals surface area contributed by atoms with Crippen molar-refractivity contribution in [3.63, 3.8) is 0 Å². The number of aryl methyl sites for hydroxylation is 2. The van der Waals surface area contributed by atoms with Crippen molar-refractivity contribution in [2.24, 2.45) is 0 Å². The number of benzene rings is 2. The van der Waals surface area contributed by atoms with Gasteiger partial charge in [-0.15, -0.1) is 0 Å². The maximum atomic E-state index is 9.05. The van der Waals surface area contributed by atoms with E-state index < -0.39 is 0 Å². The number of rotatable bonds is 9. The number of halogens is 3. The first-order chi connectivity index (χ1) is 13.3. The summed E-state index contributed by atoms with van der Waals surface area (Å²) in [5.74, 6) is 1.53. The van der Waals surface area contributed by atoms with Gasteiger partial charge in [-0.2, -0.15) is 0 Å². The van der Waals surface area contributed by atoms with Gasteiger partial charge in [0, 0.05) is 9.84 Å². The predicted octanol–water partition coefficient (Wildman–Crippen LogP) is 5.31. The Labute approximate surface area is 197 Å². The van der Waals surface area contributed by atoms with Crippen LogP contribution in [0.1, 0.15) is 29.2 Å². The van der Waals surface area contributed by atoms with Crippen LogP contribution in [0.2, 0.25) is 0 Å². The molecule has 0 spiro atoms. The molecule has 1 unspecified atom stereocenters. The van der Waals surface area contributed by atoms with Crippen LogP contribution in [0.5, 0.6) is 11.5 Å². The van der Waals surface area contributed by atoms with Gasteiger partial charge in [0.1, 0.15) is 24.7 Å². The fraction of sp³-hybridized carbons (Fsp3) is 0.429. The van der Waals surface area contributed by atoms with Crippen LogP contribution in [0.4, 0.5) is 0 Å². The quantitative estimate of drug-likeness (QED) is 0.292. The first-order valence-electron chi connectivity index (χ1n) is 8.93. The molecule has 0 heterocycles. The minimum atomic E-state index is -0.216. The van der Waals surface area contributed by atoms with E-state index in [9.17, 15) is 0 Å². The Kier molecular flexibility index (Phi) is 9.07. The topological polar surface area (TPSA) is 58.9 Å². The second-order valence-corrected chi connectivity index (χ2v) is 9.29. The summed E-state index contributed by atoms with van der Waals surface area (Å²) in [5, 5.41) is 18.1. The van der Waals surface area contributed by atoms with Crippen molar-refractivity contribution >= 4 is 54.5 Å². The second kappa shape index (κ2) is 10.6. The average Bonchev–Trinajstić information content (AvgIpc) is 2.65. The van der Waals surface area contributed by atoms with Crippen LogP contribution in [0.15, 0.2) is 33.2 Å². The number of alkyl halides is 1. The molecule has 0 aliphatic heterocycles. The third kappa shape index (κ3) is 5.22. The van der Waals surface area contributed by atoms with Gasteiger partial charge in [0.25, 0.3) is 0 Å². The smallest absolute Gasteiger partial charge is 0.147 e. The highest BCUT2D eigenvalue weighted by Gasteiger charge is 2.30. The summed E-state index contributed by atoms with van der Waals surface area (Å²) in [7, 11) is 0. The molecule has 0 fully saturated rings. The van der Waals surface area contributed by atoms with E-state index >= 15 is 0 Å². The molecule has 2 rings (SSSR count). The highest BCUT2D eigenvalue weighted by atomic mass is 127. The number of ether oxygens (including phenoxy) is 2. The molecule has 2 aromatic carbocycles. The number of aliphatic hydroxyl groups is 2. The van der Waals surface area contributed by atoms with Crippen molar-refractivity contribution in [1.82, 2.24) is 0 Å². The Hall–Kier alpha value is -0.350. The van der Waals surface area contributed by atoms with Crippen molar-refractivity contribution in [1.29, 1.82) is 0 Å². The summed E-state index contributed by atoms with van der Waals surface area (Å²) >= 11 is 9.64. The molecule has 0 saturated heterocycles. The number of hydrogen-bond donors (Lipinski definition) is 2. The standard InChI is InChI=1S/C21H25Br2IO4/c1-13-8-15(9-14(2)19(13)27-6-4-25)21(3,12-24)16-10-17(22)20(18(23)11-16)28-7-5-26/h8-11,25-26H,4-7,12H2,1-3H3. The molecular formula is C21H25Br2IO4. The molecule has 2 N–H and O–H groups in total. The SMILES string of the molecule is Cc1cc(C(C)(CI)c2cc(Br)c(OCCO)c(Br)c2)cc(C)c1OCCO. The Morgan fingerprint density at radius 3 is 1.71 bits per heavy atom. The van der Waals surface area contributed by atoms with Crippen LogP contribution in [0.25, 0.3) is 0 Å². The first kappa shape index (κ1) is 23.9. The third-order valence-corrected chi connectivity index (χ3v) is 7.38. The first-order valence-corrected chi connectivity index (χ1v) is 12.0. The molecule has 154 valence electrons. The maximum Gasteiger partial charge on any atom is 0.147 e. The minimum absolute atomic E-state index is 0.00114. The third-order valence-electron chi connectivity index (χ3n) is 4.68. The lowest BCUT2D eigenvalue weighted by atomic mass is 9.77. The zero-order valence-corrected chi connectivity index (χ0v) is 21.5. The Balaban J connectivity index is 2.50. The molecule has 1 atom stereocenters. The van der Waals surface area contributed by atoms with Crippen molar-refractivity contribution in [2.75, 3.05) is 30.9 Å². The van der Waals surface area contributed by atoms with Gasteiger partial charge in [0.05, 0.1) is 22.2 Å². The monoisotopic (exact) mass is 626 g/mol. The van der Waals surface area contributed by atoms with Crippen LogP contribution in [0.3, 0.4) is 0 Å². The van der Waals surface area contributed by atoms with Crippen LogP contribution >= 0.6 is 54.5 Å². The van der Waals surface area contributed by atoms with E-state index in [4.69, 9.17) is 19.7 Å². The summed E-state index contributed by atoms with van der Waals surface area (Å²) in [6, 6.07) is 8.49. The van der Waals surface area contributed by atoms with Gasteiger partial charge in [-0.25, -0.2) is 0 Å². The van der Waals surface area contributed by atoms with Gasteiger partial charge < -0.3 is 19.7 Å². The molecule has 0 saturated carbocycles. The summed E-state index contributed by atoms with van der Waals surface area (Å²) in [4.78, 5) is 0. The lowest BCUT2D eigenvalue weighted by Crippen LogP contribution is -2.26. The molecular weight excluding hydrogens is 603 g/mol. The largest absolute Gasteiger partial charge is 0.491 e. The van der Waals surface area contributed by atoms with Crippen molar-refractivity contribution in [3.05, 3.63) is 55.5 Å². The number of aliphatic hydroxyl groups excluding tert-OH is 2. The van der Waals surface area contributed by atoms with Crippen molar-refractivity contribution in [3.8, 4) is 11.5 Å². The fourth-order valence-corrected chi connectivity index (χ4v) is 5.43. The average molecular weight is 628 g/mol. The highest BCUT2D eigenvalue weighted by molar-refractivity contribution is 14.1. The lowest BCUT2D eigenvalue weighted by Gasteiger charge is -2.31. The molecule has 4 nitrogen and oxygen atoms in total. The molecule has 2 aromatic rings. The molecule has 0 radical (unpaired) electrons. The highest BCUT2D eigenvalue weighted by Crippen LogP contribution is 2.43. The maximum absolute atomic E-state index is 9.05. The molecule has 7 heteroatoms. The Morgan fingerprint density at radius 2 is 1.29 bits per heavy atom. The molecule has 0 aliphatic carbocycles. The van der Waals surface area contributed by atoms with Crippen LogP contribution < -0.4 is 9.47 Å². The van der Waals surface area contributed by atoms with E-state index in [1.807, 2.05) is 13.8 Å². The van der Waals surface area contributed by atoms with Gasteiger partial charge in [-0.1, -0.05) is 41.6 Å². The summed E-state index contributed by atoms with van der Waals surface area (Å²) in [6.45, 7) is 6.80. The van der Waals surface area contributed by atoms with Crippen LogP contribution in [0, 0.1) is 13.8 Å². The van der Waals surface area contributed by atoms with Crippen molar-refractivity contribution in [2.45, 2.75) is 26.2 Å². The molecule has 0 bridgehead atoms. The number of hydrogen-bond acceptors (Lipinski definition) is 4. The van der Waals surface area contributed by atoms with Gasteiger partial charge in [0.15, 0.2) is 0 Å². The summed E-state index contributed by atoms with van der Waals surface area (Å²) in [6.07, 6.45) is 0. The summed E-state index contributed by atoms with van der Waals surface area (Å²) < 4.78 is 13.9. The van der Waals surface area contributed by atoms with E-state index in [1.165, 1.54) is 5.56 Å². The molecule has 28 heavy (non-hydrogen) atoms. The molecule has 0 amide bonds. The van der Waals surface area contributed by atoms with E-state index in [0.29, 0.717) is 12.4 Å². The predicted molar refractivity (Wildman–Crippen MR) is 128 cm³/mol. The lowest BCUT2D eigenvalue weighted by molar-refractivity contribution is 0.200. The zero-order valence-electron chi connectivity index (χ0n) is 16.2. The molecule has 0 aromatic heterocycles. The molecule has 0 aliphatic rings. The zero-order chi connectivity index (χ0) is 20.9. The normalized spacial score (nSPS) is 13.3. The van der Waals surface area contributed by atoms with E-state index in [2.05, 4.69) is 85.6 Å². The van der Waals surface area contributed by atoms with Crippen LogP contribution in [-0.2, 0) is 5.41 Å². The van der Waals surface area contributed by atoms with E-state index in [1.54, 1.807) is 0 Å². The van der Waals surface area contributed by atoms with Crippen LogP contribution in [-0.4, -0.2) is 41.1 Å². The second-order valence-electron chi connectivity index (χ2n) is 6.82. The fourth-order valence-electron chi connectivity index (χ4n) is 3.13. The summed E-state index contributed by atoms with van der Waals surface area (Å²) in [5.41, 5.74) is 4.25. The van der Waals surface area contributed by atoms with Gasteiger partial charge >= 0.3 is 0 Å². The van der Waals surface area contributed by atoms with E-state index in [0.717, 1.165) is 35.8 Å². The van der Waals surface area contributed by atoms with Crippen molar-refractivity contribution < 1.29 is 19.7 Å². The Morgan fingerprint density at radius 1 is 0.857 bits per heavy atom. The Bertz CT molecular complexity index is 717.